The second kappa shape index (κ2) is 9.48. The molecule has 0 heterocycles. The van der Waals surface area contributed by atoms with Crippen LogP contribution in [-0.2, 0) is 4.74 Å². The van der Waals surface area contributed by atoms with Crippen molar-refractivity contribution in [2.45, 2.75) is 25.4 Å². The summed E-state index contributed by atoms with van der Waals surface area (Å²) in [5, 5.41) is 3.87. The molecule has 1 aromatic rings. The SMILES string of the molecule is COC(CN=C(N)NCC1CCC1)c1cccc(Cl)c1.I. The van der Waals surface area contributed by atoms with E-state index in [-0.39, 0.29) is 30.1 Å². The maximum absolute atomic E-state index is 5.99. The Labute approximate surface area is 148 Å². The van der Waals surface area contributed by atoms with Crippen LogP contribution in [0, 0.1) is 5.92 Å². The minimum atomic E-state index is -0.127. The van der Waals surface area contributed by atoms with E-state index in [0.29, 0.717) is 17.5 Å². The molecule has 1 aliphatic rings. The van der Waals surface area contributed by atoms with Crippen LogP contribution in [-0.4, -0.2) is 26.2 Å². The van der Waals surface area contributed by atoms with E-state index in [9.17, 15) is 0 Å². The van der Waals surface area contributed by atoms with Crippen LogP contribution in [0.2, 0.25) is 5.02 Å². The Morgan fingerprint density at radius 1 is 1.52 bits per heavy atom. The van der Waals surface area contributed by atoms with Gasteiger partial charge in [0.05, 0.1) is 6.54 Å². The van der Waals surface area contributed by atoms with Crippen molar-refractivity contribution in [2.24, 2.45) is 16.6 Å². The van der Waals surface area contributed by atoms with Crippen LogP contribution >= 0.6 is 35.6 Å². The lowest BCUT2D eigenvalue weighted by Crippen LogP contribution is -2.37. The van der Waals surface area contributed by atoms with Crippen LogP contribution in [0.4, 0.5) is 0 Å². The molecule has 1 unspecified atom stereocenters. The predicted molar refractivity (Wildman–Crippen MR) is 98.5 cm³/mol. The van der Waals surface area contributed by atoms with Crippen LogP contribution in [0.3, 0.4) is 0 Å². The van der Waals surface area contributed by atoms with Crippen LogP contribution in [0.5, 0.6) is 0 Å². The molecule has 118 valence electrons. The lowest BCUT2D eigenvalue weighted by molar-refractivity contribution is 0.111. The second-order valence-electron chi connectivity index (χ2n) is 5.18. The van der Waals surface area contributed by atoms with E-state index in [1.54, 1.807) is 7.11 Å². The van der Waals surface area contributed by atoms with Crippen molar-refractivity contribution in [3.8, 4) is 0 Å². The molecule has 4 nitrogen and oxygen atoms in total. The van der Waals surface area contributed by atoms with Gasteiger partial charge < -0.3 is 15.8 Å². The first-order valence-corrected chi connectivity index (χ1v) is 7.39. The average molecular weight is 424 g/mol. The molecule has 1 aliphatic carbocycles. The third-order valence-electron chi connectivity index (χ3n) is 3.73. The zero-order valence-electron chi connectivity index (χ0n) is 12.2. The van der Waals surface area contributed by atoms with Crippen molar-refractivity contribution in [3.63, 3.8) is 0 Å². The zero-order chi connectivity index (χ0) is 14.4. The summed E-state index contributed by atoms with van der Waals surface area (Å²) in [5.41, 5.74) is 6.88. The van der Waals surface area contributed by atoms with E-state index in [4.69, 9.17) is 22.1 Å². The van der Waals surface area contributed by atoms with E-state index in [1.807, 2.05) is 24.3 Å². The third-order valence-corrected chi connectivity index (χ3v) is 3.96. The van der Waals surface area contributed by atoms with Gasteiger partial charge in [-0.3, -0.25) is 4.99 Å². The van der Waals surface area contributed by atoms with Gasteiger partial charge in [-0.15, -0.1) is 24.0 Å². The summed E-state index contributed by atoms with van der Waals surface area (Å²) < 4.78 is 5.45. The maximum Gasteiger partial charge on any atom is 0.188 e. The molecule has 0 aromatic heterocycles. The number of benzene rings is 1. The number of aliphatic imine (C=N–C) groups is 1. The Hall–Kier alpha value is -0.530. The molecular formula is C15H23ClIN3O. The smallest absolute Gasteiger partial charge is 0.188 e. The largest absolute Gasteiger partial charge is 0.375 e. The van der Waals surface area contributed by atoms with Gasteiger partial charge in [-0.05, 0) is 36.5 Å². The zero-order valence-corrected chi connectivity index (χ0v) is 15.3. The fraction of sp³-hybridized carbons (Fsp3) is 0.533. The lowest BCUT2D eigenvalue weighted by atomic mass is 9.85. The number of guanidine groups is 1. The summed E-state index contributed by atoms with van der Waals surface area (Å²) in [5.74, 6) is 1.25. The van der Waals surface area contributed by atoms with Gasteiger partial charge in [-0.25, -0.2) is 0 Å². The van der Waals surface area contributed by atoms with E-state index in [0.717, 1.165) is 18.0 Å². The van der Waals surface area contributed by atoms with Crippen molar-refractivity contribution in [1.29, 1.82) is 0 Å². The second-order valence-corrected chi connectivity index (χ2v) is 5.62. The minimum absolute atomic E-state index is 0. The highest BCUT2D eigenvalue weighted by molar-refractivity contribution is 14.0. The fourth-order valence-electron chi connectivity index (χ4n) is 2.21. The van der Waals surface area contributed by atoms with Crippen molar-refractivity contribution < 1.29 is 4.74 Å². The molecule has 0 spiro atoms. The quantitative estimate of drug-likeness (QED) is 0.419. The maximum atomic E-state index is 5.99. The molecule has 6 heteroatoms. The minimum Gasteiger partial charge on any atom is -0.375 e. The van der Waals surface area contributed by atoms with Gasteiger partial charge in [0.2, 0.25) is 0 Å². The first-order valence-electron chi connectivity index (χ1n) is 7.01. The van der Waals surface area contributed by atoms with Gasteiger partial charge in [0.25, 0.3) is 0 Å². The standard InChI is InChI=1S/C15H22ClN3O.HI/c1-20-14(12-6-3-7-13(16)8-12)10-19-15(17)18-9-11-4-2-5-11;/h3,6-8,11,14H,2,4-5,9-10H2,1H3,(H3,17,18,19);1H. The van der Waals surface area contributed by atoms with Crippen LogP contribution in [0.1, 0.15) is 30.9 Å². The Kier molecular flexibility index (Phi) is 8.36. The first kappa shape index (κ1) is 18.5. The van der Waals surface area contributed by atoms with Gasteiger partial charge in [0.1, 0.15) is 6.10 Å². The number of nitrogens with one attached hydrogen (secondary N) is 1. The van der Waals surface area contributed by atoms with Gasteiger partial charge >= 0.3 is 0 Å². The van der Waals surface area contributed by atoms with Crippen molar-refractivity contribution in [2.75, 3.05) is 20.2 Å². The highest BCUT2D eigenvalue weighted by Gasteiger charge is 2.17. The van der Waals surface area contributed by atoms with E-state index in [1.165, 1.54) is 19.3 Å². The molecule has 0 aliphatic heterocycles. The average Bonchev–Trinajstić information content (AvgIpc) is 2.38. The monoisotopic (exact) mass is 423 g/mol. The summed E-state index contributed by atoms with van der Waals surface area (Å²) in [6.45, 7) is 1.41. The first-order chi connectivity index (χ1) is 9.69. The number of methoxy groups -OCH3 is 1. The predicted octanol–water partition coefficient (Wildman–Crippen LogP) is 3.35. The molecule has 0 radical (unpaired) electrons. The highest BCUT2D eigenvalue weighted by Crippen LogP contribution is 2.25. The topological polar surface area (TPSA) is 59.6 Å². The number of hydrogen-bond acceptors (Lipinski definition) is 2. The summed E-state index contributed by atoms with van der Waals surface area (Å²) >= 11 is 5.99. The molecule has 21 heavy (non-hydrogen) atoms. The number of nitrogens with two attached hydrogens (primary N) is 1. The summed E-state index contributed by atoms with van der Waals surface area (Å²) in [7, 11) is 1.67. The van der Waals surface area contributed by atoms with Gasteiger partial charge in [-0.1, -0.05) is 30.2 Å². The summed E-state index contributed by atoms with van der Waals surface area (Å²) in [6, 6.07) is 7.62. The molecule has 2 rings (SSSR count). The Balaban J connectivity index is 0.00000220. The van der Waals surface area contributed by atoms with Gasteiger partial charge in [-0.2, -0.15) is 0 Å². The highest BCUT2D eigenvalue weighted by atomic mass is 127. The molecule has 3 N–H and O–H groups in total. The molecular weight excluding hydrogens is 401 g/mol. The molecule has 1 saturated carbocycles. The van der Waals surface area contributed by atoms with Crippen LogP contribution < -0.4 is 11.1 Å². The molecule has 1 aromatic carbocycles. The Bertz CT molecular complexity index is 466. The van der Waals surface area contributed by atoms with Gasteiger partial charge in [0.15, 0.2) is 5.96 Å². The summed E-state index contributed by atoms with van der Waals surface area (Å²) in [4.78, 5) is 4.35. The molecule has 1 fully saturated rings. The molecule has 1 atom stereocenters. The number of hydrogen-bond donors (Lipinski definition) is 2. The third kappa shape index (κ3) is 6.00. The lowest BCUT2D eigenvalue weighted by Gasteiger charge is -2.25. The summed E-state index contributed by atoms with van der Waals surface area (Å²) in [6.07, 6.45) is 3.80. The Morgan fingerprint density at radius 2 is 2.29 bits per heavy atom. The van der Waals surface area contributed by atoms with Crippen LogP contribution in [0.15, 0.2) is 29.3 Å². The van der Waals surface area contributed by atoms with Crippen LogP contribution in [0.25, 0.3) is 0 Å². The number of rotatable bonds is 6. The van der Waals surface area contributed by atoms with Crippen molar-refractivity contribution in [1.82, 2.24) is 5.32 Å². The van der Waals surface area contributed by atoms with E-state index in [2.05, 4.69) is 10.3 Å². The molecule has 0 saturated heterocycles. The van der Waals surface area contributed by atoms with E-state index < -0.39 is 0 Å². The molecule has 0 bridgehead atoms. The number of halogens is 2. The normalized spacial score (nSPS) is 16.8. The van der Waals surface area contributed by atoms with Crippen molar-refractivity contribution >= 4 is 41.5 Å². The van der Waals surface area contributed by atoms with Crippen molar-refractivity contribution in [3.05, 3.63) is 34.9 Å². The fourth-order valence-corrected chi connectivity index (χ4v) is 2.40. The molecule has 0 amide bonds. The number of nitrogens with zero attached hydrogens (tertiary/aromatic N) is 1. The Morgan fingerprint density at radius 3 is 2.86 bits per heavy atom. The van der Waals surface area contributed by atoms with E-state index >= 15 is 0 Å². The van der Waals surface area contributed by atoms with Gasteiger partial charge in [0, 0.05) is 18.7 Å². The number of ether oxygens (including phenoxy) is 1.